The average Bonchev–Trinajstić information content (AvgIpc) is 3.23. The smallest absolute Gasteiger partial charge is 0.0723 e. The summed E-state index contributed by atoms with van der Waals surface area (Å²) in [6.45, 7) is 14.8. The summed E-state index contributed by atoms with van der Waals surface area (Å²) in [6, 6.07) is 1.23. The number of nitrogens with zero attached hydrogens (tertiary/aromatic N) is 1. The molecular formula is C28H51NO2S. The van der Waals surface area contributed by atoms with Gasteiger partial charge in [0.15, 0.2) is 0 Å². The van der Waals surface area contributed by atoms with E-state index in [1.54, 1.807) is 5.57 Å². The molecule has 2 aliphatic rings. The largest absolute Gasteiger partial charge is 0.392 e. The van der Waals surface area contributed by atoms with E-state index in [-0.39, 0.29) is 18.1 Å². The number of thioether (sulfide) groups is 1. The molecule has 0 saturated heterocycles. The molecule has 0 aromatic heterocycles. The first-order valence-electron chi connectivity index (χ1n) is 13.3. The number of unbranched alkanes of at least 4 members (excludes halogenated alkanes) is 1. The lowest BCUT2D eigenvalue weighted by molar-refractivity contribution is 0.139. The molecular weight excluding hydrogens is 414 g/mol. The van der Waals surface area contributed by atoms with Crippen molar-refractivity contribution in [2.24, 2.45) is 23.7 Å². The van der Waals surface area contributed by atoms with Crippen molar-refractivity contribution in [3.8, 4) is 0 Å². The van der Waals surface area contributed by atoms with Gasteiger partial charge in [-0.05, 0) is 83.4 Å². The zero-order chi connectivity index (χ0) is 23.7. The van der Waals surface area contributed by atoms with Crippen LogP contribution in [0.2, 0.25) is 0 Å². The normalized spacial score (nSPS) is 27.7. The number of allylic oxidation sites excluding steroid dienone is 1. The van der Waals surface area contributed by atoms with E-state index in [1.165, 1.54) is 38.0 Å². The van der Waals surface area contributed by atoms with Crippen molar-refractivity contribution in [2.45, 2.75) is 111 Å². The molecule has 0 spiro atoms. The highest BCUT2D eigenvalue weighted by atomic mass is 32.2. The van der Waals surface area contributed by atoms with Gasteiger partial charge in [-0.25, -0.2) is 0 Å². The predicted octanol–water partition coefficient (Wildman–Crippen LogP) is 6.31. The van der Waals surface area contributed by atoms with Crippen LogP contribution in [0.5, 0.6) is 0 Å². The maximum Gasteiger partial charge on any atom is 0.0723 e. The van der Waals surface area contributed by atoms with Crippen molar-refractivity contribution >= 4 is 11.8 Å². The molecule has 0 bridgehead atoms. The third-order valence-electron chi connectivity index (χ3n) is 7.52. The average molecular weight is 466 g/mol. The monoisotopic (exact) mass is 465 g/mol. The Morgan fingerprint density at radius 1 is 1.16 bits per heavy atom. The second kappa shape index (κ2) is 14.2. The van der Waals surface area contributed by atoms with Crippen LogP contribution in [0.1, 0.15) is 86.5 Å². The summed E-state index contributed by atoms with van der Waals surface area (Å²) in [4.78, 5) is 2.58. The Morgan fingerprint density at radius 2 is 1.88 bits per heavy atom. The van der Waals surface area contributed by atoms with Crippen molar-refractivity contribution in [3.05, 3.63) is 23.8 Å². The molecule has 0 heterocycles. The second-order valence-corrected chi connectivity index (χ2v) is 12.1. The first-order chi connectivity index (χ1) is 15.2. The van der Waals surface area contributed by atoms with E-state index in [0.29, 0.717) is 29.8 Å². The van der Waals surface area contributed by atoms with Gasteiger partial charge in [-0.15, -0.1) is 0 Å². The number of rotatable bonds is 15. The van der Waals surface area contributed by atoms with Gasteiger partial charge in [0.2, 0.25) is 0 Å². The molecule has 0 aromatic rings. The van der Waals surface area contributed by atoms with Crippen molar-refractivity contribution in [2.75, 3.05) is 18.1 Å². The number of hydrogen-bond acceptors (Lipinski definition) is 4. The van der Waals surface area contributed by atoms with Crippen LogP contribution >= 0.6 is 11.8 Å². The molecule has 32 heavy (non-hydrogen) atoms. The van der Waals surface area contributed by atoms with E-state index in [0.717, 1.165) is 25.0 Å². The number of hydrogen-bond donors (Lipinski definition) is 2. The third kappa shape index (κ3) is 8.81. The molecule has 0 radical (unpaired) electrons. The molecule has 0 amide bonds. The van der Waals surface area contributed by atoms with Gasteiger partial charge >= 0.3 is 0 Å². The highest BCUT2D eigenvalue weighted by Gasteiger charge is 2.43. The first kappa shape index (κ1) is 28.0. The zero-order valence-corrected chi connectivity index (χ0v) is 22.5. The van der Waals surface area contributed by atoms with Gasteiger partial charge in [-0.2, -0.15) is 11.8 Å². The maximum absolute atomic E-state index is 10.6. The second-order valence-electron chi connectivity index (χ2n) is 11.0. The molecule has 2 rings (SSSR count). The Kier molecular flexibility index (Phi) is 12.4. The Morgan fingerprint density at radius 3 is 2.53 bits per heavy atom. The SMILES string of the molecule is CCCC[C@H](C)C[C@H](O)C=C[C@@H]1[C@H]2CC(CSCCCN(C(C)C)C(C)C)=C[C@H]2C[C@H]1O. The summed E-state index contributed by atoms with van der Waals surface area (Å²) in [5, 5.41) is 21.1. The van der Waals surface area contributed by atoms with E-state index in [9.17, 15) is 10.2 Å². The van der Waals surface area contributed by atoms with Gasteiger partial charge in [0, 0.05) is 23.8 Å². The minimum atomic E-state index is -0.381. The van der Waals surface area contributed by atoms with E-state index in [4.69, 9.17) is 0 Å². The van der Waals surface area contributed by atoms with Crippen LogP contribution < -0.4 is 0 Å². The highest BCUT2D eigenvalue weighted by molar-refractivity contribution is 7.99. The Bertz CT molecular complexity index is 580. The molecule has 1 saturated carbocycles. The molecule has 4 heteroatoms. The summed E-state index contributed by atoms with van der Waals surface area (Å²) in [5.41, 5.74) is 1.58. The molecule has 0 aliphatic heterocycles. The van der Waals surface area contributed by atoms with Crippen LogP contribution in [0.25, 0.3) is 0 Å². The quantitative estimate of drug-likeness (QED) is 0.220. The Labute approximate surface area is 203 Å². The van der Waals surface area contributed by atoms with Crippen molar-refractivity contribution in [1.29, 1.82) is 0 Å². The minimum absolute atomic E-state index is 0.199. The summed E-state index contributed by atoms with van der Waals surface area (Å²) in [6.07, 6.45) is 13.7. The molecule has 186 valence electrons. The summed E-state index contributed by atoms with van der Waals surface area (Å²) >= 11 is 2.07. The summed E-state index contributed by atoms with van der Waals surface area (Å²) in [7, 11) is 0. The molecule has 3 nitrogen and oxygen atoms in total. The number of aliphatic hydroxyl groups is 2. The first-order valence-corrected chi connectivity index (χ1v) is 14.5. The lowest BCUT2D eigenvalue weighted by atomic mass is 9.88. The topological polar surface area (TPSA) is 43.7 Å². The summed E-state index contributed by atoms with van der Waals surface area (Å²) < 4.78 is 0. The molecule has 0 aromatic carbocycles. The molecule has 0 unspecified atom stereocenters. The van der Waals surface area contributed by atoms with Gasteiger partial charge in [0.05, 0.1) is 12.2 Å². The van der Waals surface area contributed by atoms with Gasteiger partial charge in [-0.3, -0.25) is 4.90 Å². The fourth-order valence-corrected chi connectivity index (χ4v) is 6.75. The Hall–Kier alpha value is -0.290. The van der Waals surface area contributed by atoms with E-state index < -0.39 is 0 Å². The van der Waals surface area contributed by atoms with Crippen molar-refractivity contribution < 1.29 is 10.2 Å². The summed E-state index contributed by atoms with van der Waals surface area (Å²) in [5.74, 6) is 4.16. The molecule has 6 atom stereocenters. The standard InChI is InChI=1S/C28H51NO2S/c1-7-8-10-22(6)15-25(30)11-12-26-27-17-23(16-24(27)18-28(26)31)19-32-14-9-13-29(20(2)3)21(4)5/h11-12,16,20-22,24-28,30-31H,7-10,13-15,17-19H2,1-6H3/t22-,24-,25+,26+,27-,28+/m0/s1. The number of aliphatic hydroxyl groups excluding tert-OH is 2. The molecule has 1 fully saturated rings. The van der Waals surface area contributed by atoms with Crippen LogP contribution in [-0.2, 0) is 0 Å². The Balaban J connectivity index is 1.73. The lowest BCUT2D eigenvalue weighted by Crippen LogP contribution is -2.37. The van der Waals surface area contributed by atoms with Crippen LogP contribution in [0.15, 0.2) is 23.8 Å². The zero-order valence-electron chi connectivity index (χ0n) is 21.7. The molecule has 2 aliphatic carbocycles. The van der Waals surface area contributed by atoms with Gasteiger partial charge < -0.3 is 10.2 Å². The van der Waals surface area contributed by atoms with Crippen molar-refractivity contribution in [3.63, 3.8) is 0 Å². The predicted molar refractivity (Wildman–Crippen MR) is 141 cm³/mol. The fraction of sp³-hybridized carbons (Fsp3) is 0.857. The fourth-order valence-electron chi connectivity index (χ4n) is 5.80. The van der Waals surface area contributed by atoms with Crippen molar-refractivity contribution in [1.82, 2.24) is 4.90 Å². The molecule has 2 N–H and O–H groups in total. The lowest BCUT2D eigenvalue weighted by Gasteiger charge is -2.30. The van der Waals surface area contributed by atoms with E-state index >= 15 is 0 Å². The third-order valence-corrected chi connectivity index (χ3v) is 8.67. The van der Waals surface area contributed by atoms with E-state index in [1.807, 2.05) is 6.08 Å². The van der Waals surface area contributed by atoms with Crippen LogP contribution in [-0.4, -0.2) is 57.5 Å². The van der Waals surface area contributed by atoms with E-state index in [2.05, 4.69) is 70.4 Å². The van der Waals surface area contributed by atoms with Crippen LogP contribution in [0.3, 0.4) is 0 Å². The van der Waals surface area contributed by atoms with Gasteiger partial charge in [0.25, 0.3) is 0 Å². The highest BCUT2D eigenvalue weighted by Crippen LogP contribution is 2.47. The maximum atomic E-state index is 10.6. The van der Waals surface area contributed by atoms with Crippen LogP contribution in [0.4, 0.5) is 0 Å². The number of fused-ring (bicyclic) bond motifs is 1. The van der Waals surface area contributed by atoms with Gasteiger partial charge in [0.1, 0.15) is 0 Å². The van der Waals surface area contributed by atoms with Crippen LogP contribution in [0, 0.1) is 23.7 Å². The minimum Gasteiger partial charge on any atom is -0.392 e. The van der Waals surface area contributed by atoms with Gasteiger partial charge in [-0.1, -0.05) is 56.9 Å².